The monoisotopic (exact) mass is 273 g/mol. The number of rotatable bonds is 6. The van der Waals surface area contributed by atoms with E-state index in [0.717, 1.165) is 12.8 Å². The van der Waals surface area contributed by atoms with Crippen molar-refractivity contribution >= 4 is 11.9 Å². The molecule has 0 aromatic carbocycles. The van der Waals surface area contributed by atoms with Crippen LogP contribution in [0.25, 0.3) is 0 Å². The molecule has 6 heteroatoms. The SMILES string of the molecule is CC1(C)CCC(O)(CNC(=O)COCC(=O)O)CC1. The molecule has 1 aliphatic carbocycles. The van der Waals surface area contributed by atoms with Gasteiger partial charge in [0.05, 0.1) is 5.60 Å². The average molecular weight is 273 g/mol. The molecule has 1 rings (SSSR count). The molecule has 0 unspecified atom stereocenters. The molecule has 1 saturated carbocycles. The van der Waals surface area contributed by atoms with Gasteiger partial charge < -0.3 is 20.3 Å². The van der Waals surface area contributed by atoms with Gasteiger partial charge in [0.15, 0.2) is 0 Å². The third kappa shape index (κ3) is 6.02. The van der Waals surface area contributed by atoms with Gasteiger partial charge in [-0.1, -0.05) is 13.8 Å². The summed E-state index contributed by atoms with van der Waals surface area (Å²) in [6.45, 7) is 3.74. The number of aliphatic carboxylic acids is 1. The molecule has 1 aliphatic rings. The number of hydrogen-bond donors (Lipinski definition) is 3. The first kappa shape index (κ1) is 15.9. The van der Waals surface area contributed by atoms with Gasteiger partial charge in [-0.25, -0.2) is 4.79 Å². The van der Waals surface area contributed by atoms with Gasteiger partial charge in [0.25, 0.3) is 0 Å². The summed E-state index contributed by atoms with van der Waals surface area (Å²) < 4.78 is 4.67. The van der Waals surface area contributed by atoms with Crippen LogP contribution in [0.2, 0.25) is 0 Å². The highest BCUT2D eigenvalue weighted by Gasteiger charge is 2.36. The fourth-order valence-electron chi connectivity index (χ4n) is 2.11. The highest BCUT2D eigenvalue weighted by Crippen LogP contribution is 2.39. The van der Waals surface area contributed by atoms with Crippen molar-refractivity contribution in [2.75, 3.05) is 19.8 Å². The topological polar surface area (TPSA) is 95.9 Å². The second-order valence-corrected chi connectivity index (χ2v) is 6.05. The van der Waals surface area contributed by atoms with Crippen LogP contribution in [-0.2, 0) is 14.3 Å². The highest BCUT2D eigenvalue weighted by atomic mass is 16.5. The van der Waals surface area contributed by atoms with Gasteiger partial charge in [-0.05, 0) is 31.1 Å². The zero-order chi connectivity index (χ0) is 14.5. The smallest absolute Gasteiger partial charge is 0.329 e. The minimum atomic E-state index is -1.11. The second kappa shape index (κ2) is 6.34. The molecule has 0 aromatic rings. The van der Waals surface area contributed by atoms with Gasteiger partial charge >= 0.3 is 5.97 Å². The molecule has 19 heavy (non-hydrogen) atoms. The quantitative estimate of drug-likeness (QED) is 0.656. The predicted molar refractivity (Wildman–Crippen MR) is 68.7 cm³/mol. The van der Waals surface area contributed by atoms with E-state index in [1.807, 2.05) is 0 Å². The first-order valence-electron chi connectivity index (χ1n) is 6.51. The lowest BCUT2D eigenvalue weighted by molar-refractivity contribution is -0.143. The average Bonchev–Trinajstić information content (AvgIpc) is 2.31. The van der Waals surface area contributed by atoms with Crippen molar-refractivity contribution in [3.63, 3.8) is 0 Å². The van der Waals surface area contributed by atoms with Crippen molar-refractivity contribution in [2.45, 2.75) is 45.1 Å². The van der Waals surface area contributed by atoms with Gasteiger partial charge in [0.2, 0.25) is 5.91 Å². The van der Waals surface area contributed by atoms with E-state index < -0.39 is 24.1 Å². The molecule has 0 saturated heterocycles. The third-order valence-corrected chi connectivity index (χ3v) is 3.61. The lowest BCUT2D eigenvalue weighted by Crippen LogP contribution is -2.47. The fraction of sp³-hybridized carbons (Fsp3) is 0.846. The van der Waals surface area contributed by atoms with E-state index in [2.05, 4.69) is 23.9 Å². The van der Waals surface area contributed by atoms with Crippen LogP contribution >= 0.6 is 0 Å². The predicted octanol–water partition coefficient (Wildman–Crippen LogP) is 0.535. The van der Waals surface area contributed by atoms with Crippen LogP contribution in [-0.4, -0.2) is 47.4 Å². The molecule has 0 atom stereocenters. The maximum absolute atomic E-state index is 11.4. The van der Waals surface area contributed by atoms with E-state index in [9.17, 15) is 14.7 Å². The van der Waals surface area contributed by atoms with E-state index in [0.29, 0.717) is 12.8 Å². The molecule has 0 aromatic heterocycles. The largest absolute Gasteiger partial charge is 0.480 e. The first-order valence-corrected chi connectivity index (χ1v) is 6.51. The highest BCUT2D eigenvalue weighted by molar-refractivity contribution is 5.77. The summed E-state index contributed by atoms with van der Waals surface area (Å²) in [5.41, 5.74) is -0.598. The maximum Gasteiger partial charge on any atom is 0.329 e. The molecule has 0 spiro atoms. The second-order valence-electron chi connectivity index (χ2n) is 6.05. The molecule has 0 heterocycles. The van der Waals surface area contributed by atoms with Crippen LogP contribution in [0.3, 0.4) is 0 Å². The Bertz CT molecular complexity index is 330. The maximum atomic E-state index is 11.4. The Morgan fingerprint density at radius 1 is 1.16 bits per heavy atom. The molecule has 1 amide bonds. The van der Waals surface area contributed by atoms with Gasteiger partial charge in [0, 0.05) is 6.54 Å². The number of carboxylic acids is 1. The third-order valence-electron chi connectivity index (χ3n) is 3.61. The summed E-state index contributed by atoms with van der Waals surface area (Å²) in [5, 5.41) is 21.3. The number of nitrogens with one attached hydrogen (secondary N) is 1. The Balaban J connectivity index is 2.24. The Labute approximate surface area is 113 Å². The van der Waals surface area contributed by atoms with Crippen LogP contribution < -0.4 is 5.32 Å². The van der Waals surface area contributed by atoms with Gasteiger partial charge in [-0.3, -0.25) is 4.79 Å². The zero-order valence-electron chi connectivity index (χ0n) is 11.6. The number of ether oxygens (including phenoxy) is 1. The summed E-state index contributed by atoms with van der Waals surface area (Å²) in [7, 11) is 0. The van der Waals surface area contributed by atoms with Crippen LogP contribution in [0.1, 0.15) is 39.5 Å². The molecular weight excluding hydrogens is 250 g/mol. The number of amides is 1. The summed E-state index contributed by atoms with van der Waals surface area (Å²) >= 11 is 0. The van der Waals surface area contributed by atoms with Crippen molar-refractivity contribution in [1.82, 2.24) is 5.32 Å². The lowest BCUT2D eigenvalue weighted by atomic mass is 9.71. The molecule has 1 fully saturated rings. The Morgan fingerprint density at radius 2 is 1.74 bits per heavy atom. The lowest BCUT2D eigenvalue weighted by Gasteiger charge is -2.40. The molecule has 0 radical (unpaired) electrons. The number of carbonyl (C=O) groups excluding carboxylic acids is 1. The minimum Gasteiger partial charge on any atom is -0.480 e. The van der Waals surface area contributed by atoms with Crippen molar-refractivity contribution in [3.05, 3.63) is 0 Å². The van der Waals surface area contributed by atoms with Crippen LogP contribution in [0.4, 0.5) is 0 Å². The number of carbonyl (C=O) groups is 2. The van der Waals surface area contributed by atoms with Crippen LogP contribution in [0, 0.1) is 5.41 Å². The van der Waals surface area contributed by atoms with Gasteiger partial charge in [-0.15, -0.1) is 0 Å². The van der Waals surface area contributed by atoms with Crippen molar-refractivity contribution in [2.24, 2.45) is 5.41 Å². The molecule has 6 nitrogen and oxygen atoms in total. The van der Waals surface area contributed by atoms with Crippen molar-refractivity contribution in [1.29, 1.82) is 0 Å². The molecule has 0 aliphatic heterocycles. The number of aliphatic hydroxyl groups is 1. The van der Waals surface area contributed by atoms with Crippen LogP contribution in [0.5, 0.6) is 0 Å². The Morgan fingerprint density at radius 3 is 2.26 bits per heavy atom. The van der Waals surface area contributed by atoms with Crippen LogP contribution in [0.15, 0.2) is 0 Å². The summed E-state index contributed by atoms with van der Waals surface area (Å²) in [6, 6.07) is 0. The van der Waals surface area contributed by atoms with E-state index in [1.165, 1.54) is 0 Å². The molecule has 0 bridgehead atoms. The Kier molecular flexibility index (Phi) is 5.31. The van der Waals surface area contributed by atoms with Crippen molar-refractivity contribution < 1.29 is 24.5 Å². The van der Waals surface area contributed by atoms with E-state index in [1.54, 1.807) is 0 Å². The number of carboxylic acid groups (broad SMARTS) is 1. The van der Waals surface area contributed by atoms with Gasteiger partial charge in [0.1, 0.15) is 13.2 Å². The fourth-order valence-corrected chi connectivity index (χ4v) is 2.11. The standard InChI is InChI=1S/C13H23NO5/c1-12(2)3-5-13(18,6-4-12)9-14-10(15)7-19-8-11(16)17/h18H,3-9H2,1-2H3,(H,14,15)(H,16,17). The zero-order valence-corrected chi connectivity index (χ0v) is 11.6. The van der Waals surface area contributed by atoms with Gasteiger partial charge in [-0.2, -0.15) is 0 Å². The number of hydrogen-bond acceptors (Lipinski definition) is 4. The normalized spacial score (nSPS) is 20.8. The van der Waals surface area contributed by atoms with E-state index in [4.69, 9.17) is 5.11 Å². The molecule has 3 N–H and O–H groups in total. The molecular formula is C13H23NO5. The first-order chi connectivity index (χ1) is 8.72. The minimum absolute atomic E-state index is 0.193. The summed E-state index contributed by atoms with van der Waals surface area (Å²) in [5.74, 6) is -1.51. The van der Waals surface area contributed by atoms with Crippen molar-refractivity contribution in [3.8, 4) is 0 Å². The summed E-state index contributed by atoms with van der Waals surface area (Å²) in [4.78, 5) is 21.6. The van der Waals surface area contributed by atoms with E-state index in [-0.39, 0.29) is 18.6 Å². The summed E-state index contributed by atoms with van der Waals surface area (Å²) in [6.07, 6.45) is 3.18. The van der Waals surface area contributed by atoms with E-state index >= 15 is 0 Å². The molecule has 110 valence electrons. The Hall–Kier alpha value is -1.14.